The van der Waals surface area contributed by atoms with Gasteiger partial charge in [0.2, 0.25) is 0 Å². The molecule has 0 spiro atoms. The molecule has 0 rings (SSSR count). The van der Waals surface area contributed by atoms with Crippen molar-refractivity contribution >= 4 is 17.1 Å². The van der Waals surface area contributed by atoms with Crippen molar-refractivity contribution in [2.24, 2.45) is 0 Å². The van der Waals surface area contributed by atoms with Gasteiger partial charge in [-0.25, -0.2) is 4.79 Å². The van der Waals surface area contributed by atoms with E-state index in [1.807, 2.05) is 13.8 Å². The van der Waals surface area contributed by atoms with Crippen molar-refractivity contribution in [3.63, 3.8) is 0 Å². The second-order valence-electron chi connectivity index (χ2n) is 1.62. The molecule has 0 aromatic rings. The Labute approximate surface area is 53.6 Å². The van der Waals surface area contributed by atoms with Crippen LogP contribution in [0.4, 0.5) is 4.79 Å². The van der Waals surface area contributed by atoms with Crippen molar-refractivity contribution in [3.05, 3.63) is 0 Å². The Balaban J connectivity index is 3.25. The van der Waals surface area contributed by atoms with Crippen LogP contribution in [-0.4, -0.2) is 17.7 Å². The highest BCUT2D eigenvalue weighted by molar-refractivity contribution is 8.13. The van der Waals surface area contributed by atoms with Crippen molar-refractivity contribution < 1.29 is 9.53 Å². The van der Waals surface area contributed by atoms with Gasteiger partial charge in [0.15, 0.2) is 0 Å². The van der Waals surface area contributed by atoms with Gasteiger partial charge in [0.25, 0.3) is 0 Å². The number of methoxy groups -OCH3 is 1. The van der Waals surface area contributed by atoms with Gasteiger partial charge in [-0.15, -0.1) is 0 Å². The molecule has 0 N–H and O–H groups in total. The number of hydrogen-bond acceptors (Lipinski definition) is 3. The Morgan fingerprint density at radius 2 is 2.12 bits per heavy atom. The lowest BCUT2D eigenvalue weighted by atomic mass is 10.6. The average Bonchev–Trinajstić information content (AvgIpc) is 1.65. The van der Waals surface area contributed by atoms with Gasteiger partial charge in [-0.3, -0.25) is 0 Å². The molecule has 48 valence electrons. The minimum atomic E-state index is -0.208. The third-order valence-electron chi connectivity index (χ3n) is 0.499. The maximum absolute atomic E-state index is 10.4. The number of rotatable bonds is 1. The minimum absolute atomic E-state index is 0.208. The SMILES string of the molecule is COC(=O)SC(C)C. The fourth-order valence-corrected chi connectivity index (χ4v) is 0.722. The summed E-state index contributed by atoms with van der Waals surface area (Å²) in [7, 11) is 1.39. The zero-order chi connectivity index (χ0) is 6.57. The zero-order valence-electron chi connectivity index (χ0n) is 5.30. The molecular weight excluding hydrogens is 124 g/mol. The van der Waals surface area contributed by atoms with Crippen LogP contribution in [0.2, 0.25) is 0 Å². The first kappa shape index (κ1) is 7.82. The third-order valence-corrected chi connectivity index (χ3v) is 1.33. The molecule has 0 saturated carbocycles. The average molecular weight is 134 g/mol. The number of ether oxygens (including phenoxy) is 1. The lowest BCUT2D eigenvalue weighted by molar-refractivity contribution is 0.200. The highest BCUT2D eigenvalue weighted by Gasteiger charge is 2.02. The van der Waals surface area contributed by atoms with Gasteiger partial charge in [-0.2, -0.15) is 0 Å². The molecule has 0 heterocycles. The van der Waals surface area contributed by atoms with Gasteiger partial charge in [0, 0.05) is 5.25 Å². The molecule has 0 aliphatic heterocycles. The zero-order valence-corrected chi connectivity index (χ0v) is 6.12. The molecular formula is C5H10O2S. The molecule has 0 unspecified atom stereocenters. The Morgan fingerprint density at radius 1 is 1.62 bits per heavy atom. The van der Waals surface area contributed by atoms with Crippen LogP contribution in [0.5, 0.6) is 0 Å². The van der Waals surface area contributed by atoms with E-state index in [2.05, 4.69) is 4.74 Å². The second kappa shape index (κ2) is 3.78. The second-order valence-corrected chi connectivity index (χ2v) is 3.13. The monoisotopic (exact) mass is 134 g/mol. The van der Waals surface area contributed by atoms with E-state index in [-0.39, 0.29) is 5.30 Å². The molecule has 0 radical (unpaired) electrons. The van der Waals surface area contributed by atoms with Gasteiger partial charge < -0.3 is 4.74 Å². The van der Waals surface area contributed by atoms with E-state index in [1.165, 1.54) is 18.9 Å². The molecule has 0 aromatic heterocycles. The van der Waals surface area contributed by atoms with Gasteiger partial charge >= 0.3 is 5.30 Å². The van der Waals surface area contributed by atoms with E-state index in [9.17, 15) is 4.79 Å². The molecule has 0 aliphatic carbocycles. The van der Waals surface area contributed by atoms with Crippen LogP contribution in [0, 0.1) is 0 Å². The highest BCUT2D eigenvalue weighted by Crippen LogP contribution is 2.10. The third kappa shape index (κ3) is 3.99. The van der Waals surface area contributed by atoms with E-state index in [0.29, 0.717) is 5.25 Å². The Bertz CT molecular complexity index is 80.5. The van der Waals surface area contributed by atoms with Crippen LogP contribution < -0.4 is 0 Å². The fraction of sp³-hybridized carbons (Fsp3) is 0.800. The van der Waals surface area contributed by atoms with Gasteiger partial charge in [-0.1, -0.05) is 13.8 Å². The summed E-state index contributed by atoms with van der Waals surface area (Å²) in [5.41, 5.74) is 0. The molecule has 8 heavy (non-hydrogen) atoms. The van der Waals surface area contributed by atoms with Crippen molar-refractivity contribution in [1.29, 1.82) is 0 Å². The van der Waals surface area contributed by atoms with E-state index >= 15 is 0 Å². The van der Waals surface area contributed by atoms with Crippen LogP contribution >= 0.6 is 11.8 Å². The summed E-state index contributed by atoms with van der Waals surface area (Å²) in [6.07, 6.45) is 0. The van der Waals surface area contributed by atoms with Crippen LogP contribution in [0.25, 0.3) is 0 Å². The molecule has 0 aliphatic rings. The van der Waals surface area contributed by atoms with E-state index in [1.54, 1.807) is 0 Å². The summed E-state index contributed by atoms with van der Waals surface area (Å²) in [5, 5.41) is 0.113. The maximum Gasteiger partial charge on any atom is 0.367 e. The standard InChI is InChI=1S/C5H10O2S/c1-4(2)8-5(6)7-3/h4H,1-3H3. The number of carbonyl (C=O) groups excluding carboxylic acids is 1. The normalized spacial score (nSPS) is 9.50. The predicted molar refractivity (Wildman–Crippen MR) is 35.1 cm³/mol. The topological polar surface area (TPSA) is 26.3 Å². The van der Waals surface area contributed by atoms with E-state index in [0.717, 1.165) is 0 Å². The van der Waals surface area contributed by atoms with Crippen molar-refractivity contribution in [3.8, 4) is 0 Å². The van der Waals surface area contributed by atoms with Crippen molar-refractivity contribution in [2.75, 3.05) is 7.11 Å². The largest absolute Gasteiger partial charge is 0.461 e. The first-order chi connectivity index (χ1) is 3.66. The van der Waals surface area contributed by atoms with Crippen LogP contribution in [0.15, 0.2) is 0 Å². The number of thioether (sulfide) groups is 1. The lowest BCUT2D eigenvalue weighted by Crippen LogP contribution is -1.96. The van der Waals surface area contributed by atoms with Gasteiger partial charge in [0.05, 0.1) is 7.11 Å². The first-order valence-corrected chi connectivity index (χ1v) is 3.29. The molecule has 0 bridgehead atoms. The summed E-state index contributed by atoms with van der Waals surface area (Å²) in [5.74, 6) is 0. The Hall–Kier alpha value is -0.180. The summed E-state index contributed by atoms with van der Waals surface area (Å²) < 4.78 is 4.39. The summed E-state index contributed by atoms with van der Waals surface area (Å²) in [6.45, 7) is 3.89. The molecule has 0 amide bonds. The maximum atomic E-state index is 10.4. The van der Waals surface area contributed by atoms with Crippen LogP contribution in [0.3, 0.4) is 0 Å². The molecule has 0 aromatic carbocycles. The smallest absolute Gasteiger partial charge is 0.367 e. The Morgan fingerprint density at radius 3 is 2.25 bits per heavy atom. The molecule has 0 saturated heterocycles. The fourth-order valence-electron chi connectivity index (χ4n) is 0.241. The molecule has 3 heteroatoms. The van der Waals surface area contributed by atoms with Crippen LogP contribution in [0.1, 0.15) is 13.8 Å². The lowest BCUT2D eigenvalue weighted by Gasteiger charge is -1.98. The van der Waals surface area contributed by atoms with Crippen molar-refractivity contribution in [2.45, 2.75) is 19.1 Å². The number of hydrogen-bond donors (Lipinski definition) is 0. The predicted octanol–water partition coefficient (Wildman–Crippen LogP) is 1.89. The van der Waals surface area contributed by atoms with Gasteiger partial charge in [-0.05, 0) is 11.8 Å². The summed E-state index contributed by atoms with van der Waals surface area (Å²) in [6, 6.07) is 0. The highest BCUT2D eigenvalue weighted by atomic mass is 32.2. The minimum Gasteiger partial charge on any atom is -0.461 e. The summed E-state index contributed by atoms with van der Waals surface area (Å²) in [4.78, 5) is 10.4. The summed E-state index contributed by atoms with van der Waals surface area (Å²) >= 11 is 1.19. The number of carbonyl (C=O) groups is 1. The van der Waals surface area contributed by atoms with Crippen molar-refractivity contribution in [1.82, 2.24) is 0 Å². The van der Waals surface area contributed by atoms with E-state index < -0.39 is 0 Å². The van der Waals surface area contributed by atoms with Crippen LogP contribution in [-0.2, 0) is 4.74 Å². The molecule has 0 fully saturated rings. The molecule has 0 atom stereocenters. The molecule has 2 nitrogen and oxygen atoms in total. The van der Waals surface area contributed by atoms with E-state index in [4.69, 9.17) is 0 Å². The quantitative estimate of drug-likeness (QED) is 0.512. The van der Waals surface area contributed by atoms with Gasteiger partial charge in [0.1, 0.15) is 0 Å². The first-order valence-electron chi connectivity index (χ1n) is 2.41. The Kier molecular flexibility index (Phi) is 3.69.